The lowest BCUT2D eigenvalue weighted by atomic mass is 10.0. The highest BCUT2D eigenvalue weighted by Crippen LogP contribution is 2.30. The molecule has 2 aromatic rings. The van der Waals surface area contributed by atoms with Gasteiger partial charge in [-0.25, -0.2) is 0 Å². The van der Waals surface area contributed by atoms with Crippen LogP contribution >= 0.6 is 11.6 Å². The van der Waals surface area contributed by atoms with E-state index in [4.69, 9.17) is 11.6 Å². The van der Waals surface area contributed by atoms with Crippen LogP contribution in [0.1, 0.15) is 34.6 Å². The maximum Gasteiger partial charge on any atom is 0.294 e. The molecule has 1 aromatic heterocycles. The highest BCUT2D eigenvalue weighted by atomic mass is 35.5. The summed E-state index contributed by atoms with van der Waals surface area (Å²) >= 11 is 6.44. The van der Waals surface area contributed by atoms with Crippen LogP contribution in [0.15, 0.2) is 18.3 Å². The molecule has 7 nitrogen and oxygen atoms in total. The van der Waals surface area contributed by atoms with Gasteiger partial charge in [0, 0.05) is 57.9 Å². The first-order valence-electron chi connectivity index (χ1n) is 9.20. The Labute approximate surface area is 169 Å². The van der Waals surface area contributed by atoms with Crippen LogP contribution in [-0.2, 0) is 11.8 Å². The van der Waals surface area contributed by atoms with Crippen LogP contribution in [0.3, 0.4) is 0 Å². The minimum atomic E-state index is -0.611. The van der Waals surface area contributed by atoms with Gasteiger partial charge < -0.3 is 19.7 Å². The van der Waals surface area contributed by atoms with Crippen molar-refractivity contribution in [1.29, 1.82) is 0 Å². The predicted molar refractivity (Wildman–Crippen MR) is 109 cm³/mol. The highest BCUT2D eigenvalue weighted by molar-refractivity contribution is 6.45. The first-order chi connectivity index (χ1) is 13.1. The Hall–Kier alpha value is -2.38. The number of nitrogens with one attached hydrogen (secondary N) is 1. The number of hydrogen-bond acceptors (Lipinski definition) is 4. The Morgan fingerprint density at radius 3 is 2.50 bits per heavy atom. The minimum Gasteiger partial charge on any atom is -0.350 e. The van der Waals surface area contributed by atoms with Crippen LogP contribution in [0.4, 0.5) is 0 Å². The number of carbonyl (C=O) groups excluding carboxylic acids is 3. The average molecular weight is 405 g/mol. The highest BCUT2D eigenvalue weighted by Gasteiger charge is 2.30. The second-order valence-electron chi connectivity index (χ2n) is 7.65. The van der Waals surface area contributed by atoms with Crippen LogP contribution in [-0.4, -0.2) is 71.2 Å². The molecule has 1 aliphatic heterocycles. The van der Waals surface area contributed by atoms with E-state index in [0.29, 0.717) is 34.6 Å². The van der Waals surface area contributed by atoms with Gasteiger partial charge in [0.05, 0.1) is 21.7 Å². The number of hydrogen-bond donors (Lipinski definition) is 1. The molecule has 2 amide bonds. The van der Waals surface area contributed by atoms with Gasteiger partial charge in [-0.05, 0) is 26.0 Å². The molecular weight excluding hydrogens is 380 g/mol. The van der Waals surface area contributed by atoms with E-state index in [0.717, 1.165) is 0 Å². The van der Waals surface area contributed by atoms with Gasteiger partial charge in [-0.3, -0.25) is 14.4 Å². The van der Waals surface area contributed by atoms with Gasteiger partial charge in [-0.15, -0.1) is 0 Å². The summed E-state index contributed by atoms with van der Waals surface area (Å²) in [4.78, 5) is 41.0. The molecule has 2 atom stereocenters. The zero-order valence-electron chi connectivity index (χ0n) is 16.7. The number of halogens is 1. The topological polar surface area (TPSA) is 74.7 Å². The van der Waals surface area contributed by atoms with Crippen LogP contribution in [0.2, 0.25) is 5.02 Å². The smallest absolute Gasteiger partial charge is 0.294 e. The van der Waals surface area contributed by atoms with E-state index in [9.17, 15) is 14.4 Å². The normalized spacial score (nSPS) is 19.7. The summed E-state index contributed by atoms with van der Waals surface area (Å²) in [5, 5.41) is 4.22. The first kappa shape index (κ1) is 20.4. The number of ketones is 1. The summed E-state index contributed by atoms with van der Waals surface area (Å²) in [6, 6.07) is 3.53. The molecule has 0 spiro atoms. The molecule has 0 aliphatic carbocycles. The van der Waals surface area contributed by atoms with Crippen LogP contribution in [0.25, 0.3) is 10.9 Å². The van der Waals surface area contributed by atoms with Gasteiger partial charge in [0.2, 0.25) is 0 Å². The van der Waals surface area contributed by atoms with Crippen molar-refractivity contribution in [3.05, 3.63) is 34.5 Å². The number of aromatic nitrogens is 1. The SMILES string of the molecule is C[C@@H]1CN[C@@H](C)CN1C(=O)c1cc2c(C(=O)C(=O)N(C)C)cn(C)c2cc1Cl. The van der Waals surface area contributed by atoms with Crippen molar-refractivity contribution in [1.82, 2.24) is 19.7 Å². The van der Waals surface area contributed by atoms with Gasteiger partial charge in [0.1, 0.15) is 0 Å². The fourth-order valence-electron chi connectivity index (χ4n) is 3.53. The molecular formula is C20H25ClN4O3. The van der Waals surface area contributed by atoms with Crippen molar-refractivity contribution in [2.45, 2.75) is 25.9 Å². The van der Waals surface area contributed by atoms with E-state index in [1.807, 2.05) is 13.8 Å². The molecule has 3 rings (SSSR count). The van der Waals surface area contributed by atoms with E-state index in [-0.39, 0.29) is 23.6 Å². The van der Waals surface area contributed by atoms with Gasteiger partial charge in [-0.1, -0.05) is 11.6 Å². The third-order valence-electron chi connectivity index (χ3n) is 5.18. The van der Waals surface area contributed by atoms with Crippen LogP contribution < -0.4 is 5.32 Å². The number of benzene rings is 1. The lowest BCUT2D eigenvalue weighted by Crippen LogP contribution is -2.56. The Balaban J connectivity index is 2.08. The molecule has 1 aromatic carbocycles. The summed E-state index contributed by atoms with van der Waals surface area (Å²) in [6.45, 7) is 5.29. The van der Waals surface area contributed by atoms with E-state index in [2.05, 4.69) is 5.32 Å². The average Bonchev–Trinajstić information content (AvgIpc) is 2.97. The van der Waals surface area contributed by atoms with Gasteiger partial charge in [0.25, 0.3) is 17.6 Å². The van der Waals surface area contributed by atoms with Crippen molar-refractivity contribution in [3.63, 3.8) is 0 Å². The van der Waals surface area contributed by atoms with Gasteiger partial charge >= 0.3 is 0 Å². The Bertz CT molecular complexity index is 966. The maximum absolute atomic E-state index is 13.2. The molecule has 8 heteroatoms. The number of likely N-dealkylation sites (N-methyl/N-ethyl adjacent to an activating group) is 1. The second-order valence-corrected chi connectivity index (χ2v) is 8.05. The fraction of sp³-hybridized carbons (Fsp3) is 0.450. The molecule has 1 saturated heterocycles. The molecule has 0 unspecified atom stereocenters. The third-order valence-corrected chi connectivity index (χ3v) is 5.49. The molecule has 0 bridgehead atoms. The van der Waals surface area contributed by atoms with Crippen LogP contribution in [0.5, 0.6) is 0 Å². The third kappa shape index (κ3) is 3.52. The van der Waals surface area contributed by atoms with Crippen LogP contribution in [0, 0.1) is 0 Å². The lowest BCUT2D eigenvalue weighted by molar-refractivity contribution is -0.124. The van der Waals surface area contributed by atoms with E-state index in [1.165, 1.54) is 19.0 Å². The molecule has 1 aliphatic rings. The van der Waals surface area contributed by atoms with Crippen molar-refractivity contribution in [2.75, 3.05) is 27.2 Å². The fourth-order valence-corrected chi connectivity index (χ4v) is 3.76. The van der Waals surface area contributed by atoms with Crippen molar-refractivity contribution >= 4 is 40.1 Å². The number of aryl methyl sites for hydroxylation is 1. The number of fused-ring (bicyclic) bond motifs is 1. The summed E-state index contributed by atoms with van der Waals surface area (Å²) in [7, 11) is 4.84. The maximum atomic E-state index is 13.2. The van der Waals surface area contributed by atoms with Gasteiger partial charge in [-0.2, -0.15) is 0 Å². The van der Waals surface area contributed by atoms with Gasteiger partial charge in [0.15, 0.2) is 0 Å². The number of Topliss-reactive ketones (excluding diaryl/α,β-unsaturated/α-hetero) is 1. The quantitative estimate of drug-likeness (QED) is 0.626. The zero-order valence-corrected chi connectivity index (χ0v) is 17.5. The predicted octanol–water partition coefficient (Wildman–Crippen LogP) is 1.93. The Morgan fingerprint density at radius 1 is 1.18 bits per heavy atom. The zero-order chi connectivity index (χ0) is 20.7. The summed E-state index contributed by atoms with van der Waals surface area (Å²) in [5.41, 5.74) is 1.30. The molecule has 0 radical (unpaired) electrons. The number of nitrogens with zero attached hydrogens (tertiary/aromatic N) is 3. The second kappa shape index (κ2) is 7.56. The number of rotatable bonds is 3. The number of piperazine rings is 1. The first-order valence-corrected chi connectivity index (χ1v) is 9.58. The van der Waals surface area contributed by atoms with E-state index in [1.54, 1.807) is 34.8 Å². The van der Waals surface area contributed by atoms with E-state index >= 15 is 0 Å². The monoisotopic (exact) mass is 404 g/mol. The molecule has 150 valence electrons. The minimum absolute atomic E-state index is 0.0302. The molecule has 0 saturated carbocycles. The largest absolute Gasteiger partial charge is 0.350 e. The molecule has 1 fully saturated rings. The number of carbonyl (C=O) groups is 3. The summed E-state index contributed by atoms with van der Waals surface area (Å²) < 4.78 is 1.74. The molecule has 28 heavy (non-hydrogen) atoms. The molecule has 1 N–H and O–H groups in total. The van der Waals surface area contributed by atoms with Crippen molar-refractivity contribution in [2.24, 2.45) is 7.05 Å². The summed E-state index contributed by atoms with van der Waals surface area (Å²) in [6.07, 6.45) is 1.61. The lowest BCUT2D eigenvalue weighted by Gasteiger charge is -2.37. The number of amides is 2. The standard InChI is InChI=1S/C20H25ClN4O3/c1-11-9-25(12(2)8-22-11)19(27)14-6-13-15(18(26)20(28)23(3)4)10-24(5)17(13)7-16(14)21/h6-7,10-12,22H,8-9H2,1-5H3/t11-,12+/m0/s1. The Morgan fingerprint density at radius 2 is 1.86 bits per heavy atom. The van der Waals surface area contributed by atoms with Crippen molar-refractivity contribution < 1.29 is 14.4 Å². The summed E-state index contributed by atoms with van der Waals surface area (Å²) in [5.74, 6) is -1.39. The van der Waals surface area contributed by atoms with Crippen molar-refractivity contribution in [3.8, 4) is 0 Å². The molecule has 2 heterocycles. The van der Waals surface area contributed by atoms with E-state index < -0.39 is 11.7 Å². The Kier molecular flexibility index (Phi) is 5.50.